The molecule has 2 N–H and O–H groups in total. The third kappa shape index (κ3) is 4.73. The summed E-state index contributed by atoms with van der Waals surface area (Å²) in [6.45, 7) is 0.686. The minimum atomic E-state index is -0.524. The van der Waals surface area contributed by atoms with Gasteiger partial charge in [0.05, 0.1) is 17.7 Å². The third-order valence-corrected chi connectivity index (χ3v) is 6.44. The maximum atomic E-state index is 14.3. The van der Waals surface area contributed by atoms with E-state index in [2.05, 4.69) is 30.9 Å². The van der Waals surface area contributed by atoms with Gasteiger partial charge in [-0.05, 0) is 56.0 Å². The Morgan fingerprint density at radius 1 is 1.18 bits per heavy atom. The van der Waals surface area contributed by atoms with E-state index in [-0.39, 0.29) is 22.3 Å². The average Bonchev–Trinajstić information content (AvgIpc) is 3.54. The molecule has 33 heavy (non-hydrogen) atoms. The van der Waals surface area contributed by atoms with Crippen LogP contribution in [0, 0.1) is 5.82 Å². The summed E-state index contributed by atoms with van der Waals surface area (Å²) in [7, 11) is 0. The van der Waals surface area contributed by atoms with Crippen LogP contribution in [0.25, 0.3) is 0 Å². The first-order valence-electron chi connectivity index (χ1n) is 10.9. The molecule has 1 aromatic carbocycles. The topological polar surface area (TPSA) is 101 Å². The van der Waals surface area contributed by atoms with Gasteiger partial charge in [-0.15, -0.1) is 10.2 Å². The molecule has 2 aliphatic rings. The summed E-state index contributed by atoms with van der Waals surface area (Å²) in [5.41, 5.74) is 0.587. The minimum absolute atomic E-state index is 0.0584. The van der Waals surface area contributed by atoms with Gasteiger partial charge in [0.1, 0.15) is 11.7 Å². The fraction of sp³-hybridized carbons (Fsp3) is 0.348. The molecule has 0 radical (unpaired) electrons. The van der Waals surface area contributed by atoms with Crippen molar-refractivity contribution in [3.63, 3.8) is 0 Å². The lowest BCUT2D eigenvalue weighted by Crippen LogP contribution is -2.38. The Bertz CT molecular complexity index is 1170. The number of halogens is 2. The number of aromatic nitrogens is 5. The highest BCUT2D eigenvalue weighted by Crippen LogP contribution is 2.41. The number of hydrogen-bond acceptors (Lipinski definition) is 7. The molecule has 1 saturated carbocycles. The van der Waals surface area contributed by atoms with Gasteiger partial charge in [-0.25, -0.2) is 9.37 Å². The summed E-state index contributed by atoms with van der Waals surface area (Å²) in [5.74, 6) is 1.87. The van der Waals surface area contributed by atoms with Crippen molar-refractivity contribution in [1.29, 1.82) is 0 Å². The number of hydrogen-bond donors (Lipinski definition) is 2. The highest BCUT2D eigenvalue weighted by molar-refractivity contribution is 6.30. The first-order chi connectivity index (χ1) is 16.1. The summed E-state index contributed by atoms with van der Waals surface area (Å²) in [4.78, 5) is 9.14. The van der Waals surface area contributed by atoms with Gasteiger partial charge in [-0.3, -0.25) is 4.99 Å². The fourth-order valence-electron chi connectivity index (χ4n) is 4.46. The van der Waals surface area contributed by atoms with Crippen molar-refractivity contribution in [2.75, 3.05) is 11.9 Å². The molecular formula is C23H23ClFN7O. The van der Waals surface area contributed by atoms with Crippen LogP contribution in [0.15, 0.2) is 53.5 Å². The molecular weight excluding hydrogens is 445 g/mol. The maximum absolute atomic E-state index is 14.3. The Balaban J connectivity index is 1.32. The van der Waals surface area contributed by atoms with Gasteiger partial charge in [-0.2, -0.15) is 5.21 Å². The van der Waals surface area contributed by atoms with Crippen molar-refractivity contribution in [2.45, 2.75) is 43.6 Å². The molecule has 3 aromatic rings. The Morgan fingerprint density at radius 2 is 2.03 bits per heavy atom. The maximum Gasteiger partial charge on any atom is 0.183 e. The SMILES string of the molecule is Fc1c(Cl)cccc1O[C@H]1CC[C@](Cc2cccc(NC3=NCC=C3)n2)(c2nn[nH]n2)CC1. The zero-order chi connectivity index (χ0) is 22.7. The van der Waals surface area contributed by atoms with E-state index in [1.54, 1.807) is 12.1 Å². The molecule has 8 nitrogen and oxygen atoms in total. The number of nitrogens with one attached hydrogen (secondary N) is 2. The Hall–Kier alpha value is -3.33. The van der Waals surface area contributed by atoms with Crippen LogP contribution in [0.2, 0.25) is 5.02 Å². The van der Waals surface area contributed by atoms with Crippen LogP contribution in [0.3, 0.4) is 0 Å². The second-order valence-electron chi connectivity index (χ2n) is 8.33. The summed E-state index contributed by atoms with van der Waals surface area (Å²) in [6.07, 6.45) is 7.43. The Morgan fingerprint density at radius 3 is 2.79 bits per heavy atom. The lowest BCUT2D eigenvalue weighted by atomic mass is 9.69. The molecule has 10 heteroatoms. The fourth-order valence-corrected chi connectivity index (χ4v) is 4.62. The van der Waals surface area contributed by atoms with Crippen molar-refractivity contribution >= 4 is 23.3 Å². The van der Waals surface area contributed by atoms with Gasteiger partial charge in [-0.1, -0.05) is 35.0 Å². The first kappa shape index (κ1) is 21.5. The number of aliphatic imine (C=N–C) groups is 1. The van der Waals surface area contributed by atoms with Crippen molar-refractivity contribution in [3.8, 4) is 5.75 Å². The molecule has 0 saturated heterocycles. The van der Waals surface area contributed by atoms with Crippen LogP contribution in [0.4, 0.5) is 10.2 Å². The van der Waals surface area contributed by atoms with Crippen molar-refractivity contribution in [3.05, 3.63) is 70.9 Å². The monoisotopic (exact) mass is 467 g/mol. The van der Waals surface area contributed by atoms with E-state index in [1.165, 1.54) is 6.07 Å². The van der Waals surface area contributed by atoms with Gasteiger partial charge in [0.15, 0.2) is 17.4 Å². The van der Waals surface area contributed by atoms with E-state index in [0.29, 0.717) is 18.8 Å². The highest BCUT2D eigenvalue weighted by atomic mass is 35.5. The molecule has 2 aromatic heterocycles. The van der Waals surface area contributed by atoms with Crippen LogP contribution < -0.4 is 10.1 Å². The number of ether oxygens (including phenoxy) is 1. The van der Waals surface area contributed by atoms with Crippen molar-refractivity contribution in [2.24, 2.45) is 4.99 Å². The highest BCUT2D eigenvalue weighted by Gasteiger charge is 2.41. The number of nitrogens with zero attached hydrogens (tertiary/aromatic N) is 5. The number of aromatic amines is 1. The van der Waals surface area contributed by atoms with E-state index in [0.717, 1.165) is 43.0 Å². The Kier molecular flexibility index (Phi) is 6.04. The molecule has 3 heterocycles. The number of benzene rings is 1. The molecule has 5 rings (SSSR count). The summed E-state index contributed by atoms with van der Waals surface area (Å²) < 4.78 is 20.2. The number of H-pyrrole nitrogens is 1. The number of pyridine rings is 1. The van der Waals surface area contributed by atoms with Crippen LogP contribution in [0.5, 0.6) is 5.75 Å². The van der Waals surface area contributed by atoms with Gasteiger partial charge in [0.2, 0.25) is 0 Å². The van der Waals surface area contributed by atoms with E-state index in [9.17, 15) is 4.39 Å². The number of anilines is 1. The van der Waals surface area contributed by atoms with Crippen molar-refractivity contribution in [1.82, 2.24) is 25.6 Å². The van der Waals surface area contributed by atoms with Crippen molar-refractivity contribution < 1.29 is 9.13 Å². The van der Waals surface area contributed by atoms with E-state index < -0.39 is 5.82 Å². The summed E-state index contributed by atoms with van der Waals surface area (Å²) in [5, 5.41) is 18.3. The summed E-state index contributed by atoms with van der Waals surface area (Å²) in [6, 6.07) is 10.7. The molecule has 0 bridgehead atoms. The molecule has 0 atom stereocenters. The van der Waals surface area contributed by atoms with Gasteiger partial charge >= 0.3 is 0 Å². The van der Waals surface area contributed by atoms with E-state index >= 15 is 0 Å². The molecule has 0 unspecified atom stereocenters. The standard InChI is InChI=1S/C23H23ClFN7O/c24-17-5-2-6-18(21(17)25)33-16-9-11-23(12-10-16,22-29-31-32-30-22)14-15-4-1-7-20(27-15)28-19-8-3-13-26-19/h1-8,16H,9-14H2,(H,26,27,28)(H,29,30,31,32)/t16-,23-. The molecule has 170 valence electrons. The van der Waals surface area contributed by atoms with Gasteiger partial charge in [0.25, 0.3) is 0 Å². The Labute approximate surface area is 195 Å². The van der Waals surface area contributed by atoms with E-state index in [1.807, 2.05) is 30.4 Å². The molecule has 1 aliphatic heterocycles. The first-order valence-corrected chi connectivity index (χ1v) is 11.3. The van der Waals surface area contributed by atoms with E-state index in [4.69, 9.17) is 21.3 Å². The lowest BCUT2D eigenvalue weighted by molar-refractivity contribution is 0.108. The molecule has 0 amide bonds. The predicted octanol–water partition coefficient (Wildman–Crippen LogP) is 4.27. The van der Waals surface area contributed by atoms with Gasteiger partial charge < -0.3 is 10.1 Å². The minimum Gasteiger partial charge on any atom is -0.487 e. The molecule has 1 fully saturated rings. The zero-order valence-corrected chi connectivity index (χ0v) is 18.6. The lowest BCUT2D eigenvalue weighted by Gasteiger charge is -2.37. The second-order valence-corrected chi connectivity index (χ2v) is 8.74. The molecule has 0 spiro atoms. The summed E-state index contributed by atoms with van der Waals surface area (Å²) >= 11 is 5.90. The van der Waals surface area contributed by atoms with Crippen LogP contribution in [-0.2, 0) is 11.8 Å². The number of tetrazole rings is 1. The average molecular weight is 468 g/mol. The smallest absolute Gasteiger partial charge is 0.183 e. The van der Waals surface area contributed by atoms with Gasteiger partial charge in [0, 0.05) is 17.5 Å². The van der Waals surface area contributed by atoms with Crippen LogP contribution in [0.1, 0.15) is 37.2 Å². The number of rotatable bonds is 6. The quantitative estimate of drug-likeness (QED) is 0.561. The normalized spacial score (nSPS) is 22.2. The molecule has 1 aliphatic carbocycles. The predicted molar refractivity (Wildman–Crippen MR) is 123 cm³/mol. The van der Waals surface area contributed by atoms with Crippen LogP contribution >= 0.6 is 11.6 Å². The third-order valence-electron chi connectivity index (χ3n) is 6.14. The number of amidine groups is 1. The zero-order valence-electron chi connectivity index (χ0n) is 17.8. The second kappa shape index (κ2) is 9.27. The largest absolute Gasteiger partial charge is 0.487 e. The van der Waals surface area contributed by atoms with Crippen LogP contribution in [-0.4, -0.2) is 44.1 Å².